The third kappa shape index (κ3) is 6.44. The minimum absolute atomic E-state index is 0.0139. The summed E-state index contributed by atoms with van der Waals surface area (Å²) in [5.41, 5.74) is -0.965. The maximum Gasteiger partial charge on any atom is 0.418 e. The molecular formula is C23H16ClF4N7O2S. The smallest absolute Gasteiger partial charge is 0.336 e. The number of Topliss-reactive ketones (excluding diaryl/α,β-unsaturated/α-hetero) is 1. The standard InChI is InChI=1S/C23H16ClF4N7O2S/c1-11(5-16(36)15-7-19(33-10-32-15)34-14-3-2-4-29-20(14)25)22-31-9-17(38-22)21(37)35-18-6-12(23(26,27)28)13(24)8-30-18/h2-4,6-11H,5H2,1H3,(H,30,35,37)(H,32,33,34). The van der Waals surface area contributed by atoms with Crippen molar-refractivity contribution in [1.82, 2.24) is 24.9 Å². The van der Waals surface area contributed by atoms with Crippen LogP contribution in [-0.2, 0) is 6.18 Å². The number of halogens is 5. The molecule has 15 heteroatoms. The molecule has 0 aliphatic heterocycles. The second-order valence-electron chi connectivity index (χ2n) is 7.85. The number of pyridine rings is 2. The van der Waals surface area contributed by atoms with Gasteiger partial charge in [-0.1, -0.05) is 18.5 Å². The summed E-state index contributed by atoms with van der Waals surface area (Å²) in [7, 11) is 0. The largest absolute Gasteiger partial charge is 0.418 e. The summed E-state index contributed by atoms with van der Waals surface area (Å²) in [6, 6.07) is 5.00. The van der Waals surface area contributed by atoms with Gasteiger partial charge in [-0.15, -0.1) is 11.3 Å². The summed E-state index contributed by atoms with van der Waals surface area (Å²) in [5.74, 6) is -2.35. The van der Waals surface area contributed by atoms with Gasteiger partial charge in [-0.3, -0.25) is 9.59 Å². The second-order valence-corrected chi connectivity index (χ2v) is 9.32. The number of ketones is 1. The Labute approximate surface area is 221 Å². The molecule has 196 valence electrons. The number of amides is 1. The summed E-state index contributed by atoms with van der Waals surface area (Å²) in [6.07, 6.45) is -0.217. The van der Waals surface area contributed by atoms with E-state index in [4.69, 9.17) is 11.6 Å². The minimum atomic E-state index is -4.71. The summed E-state index contributed by atoms with van der Waals surface area (Å²) >= 11 is 6.53. The number of aromatic nitrogens is 5. The Kier molecular flexibility index (Phi) is 7.92. The lowest BCUT2D eigenvalue weighted by molar-refractivity contribution is -0.137. The molecule has 0 spiro atoms. The lowest BCUT2D eigenvalue weighted by Crippen LogP contribution is -2.13. The van der Waals surface area contributed by atoms with E-state index in [1.807, 2.05) is 0 Å². The van der Waals surface area contributed by atoms with Gasteiger partial charge in [0.1, 0.15) is 28.5 Å². The molecule has 9 nitrogen and oxygen atoms in total. The van der Waals surface area contributed by atoms with Gasteiger partial charge in [0.25, 0.3) is 5.91 Å². The third-order valence-electron chi connectivity index (χ3n) is 5.04. The van der Waals surface area contributed by atoms with Gasteiger partial charge < -0.3 is 10.6 Å². The summed E-state index contributed by atoms with van der Waals surface area (Å²) in [5, 5.41) is 4.88. The van der Waals surface area contributed by atoms with Gasteiger partial charge in [0.2, 0.25) is 5.95 Å². The van der Waals surface area contributed by atoms with E-state index in [0.29, 0.717) is 11.1 Å². The van der Waals surface area contributed by atoms with Crippen molar-refractivity contribution in [3.63, 3.8) is 0 Å². The average molecular weight is 566 g/mol. The van der Waals surface area contributed by atoms with Crippen LogP contribution in [0.5, 0.6) is 0 Å². The number of thiazole rings is 1. The minimum Gasteiger partial charge on any atom is -0.336 e. The highest BCUT2D eigenvalue weighted by molar-refractivity contribution is 7.13. The number of alkyl halides is 3. The number of nitrogens with one attached hydrogen (secondary N) is 2. The van der Waals surface area contributed by atoms with E-state index < -0.39 is 34.5 Å². The molecule has 1 atom stereocenters. The number of carbonyl (C=O) groups excluding carboxylic acids is 2. The number of rotatable bonds is 8. The van der Waals surface area contributed by atoms with Crippen LogP contribution in [0.3, 0.4) is 0 Å². The monoisotopic (exact) mass is 565 g/mol. The molecule has 0 saturated heterocycles. The lowest BCUT2D eigenvalue weighted by atomic mass is 10.0. The molecule has 0 aliphatic rings. The van der Waals surface area contributed by atoms with Gasteiger partial charge >= 0.3 is 6.18 Å². The van der Waals surface area contributed by atoms with Crippen molar-refractivity contribution in [1.29, 1.82) is 0 Å². The van der Waals surface area contributed by atoms with Crippen molar-refractivity contribution in [3.8, 4) is 0 Å². The number of carbonyl (C=O) groups is 2. The number of hydrogen-bond acceptors (Lipinski definition) is 9. The lowest BCUT2D eigenvalue weighted by Gasteiger charge is -2.10. The predicted molar refractivity (Wildman–Crippen MR) is 131 cm³/mol. The zero-order valence-electron chi connectivity index (χ0n) is 19.3. The fourth-order valence-corrected chi connectivity index (χ4v) is 4.26. The van der Waals surface area contributed by atoms with E-state index >= 15 is 0 Å². The zero-order chi connectivity index (χ0) is 27.4. The van der Waals surface area contributed by atoms with Crippen LogP contribution in [0.4, 0.5) is 34.9 Å². The molecule has 0 fully saturated rings. The molecule has 1 amide bonds. The molecule has 4 rings (SSSR count). The Bertz CT molecular complexity index is 1500. The number of anilines is 3. The molecule has 1 unspecified atom stereocenters. The molecule has 0 radical (unpaired) electrons. The van der Waals surface area contributed by atoms with E-state index in [-0.39, 0.29) is 40.1 Å². The Morgan fingerprint density at radius 3 is 2.61 bits per heavy atom. The Morgan fingerprint density at radius 2 is 1.87 bits per heavy atom. The molecule has 0 aliphatic carbocycles. The molecular weight excluding hydrogens is 550 g/mol. The van der Waals surface area contributed by atoms with Crippen LogP contribution in [0, 0.1) is 5.95 Å². The van der Waals surface area contributed by atoms with Crippen molar-refractivity contribution >= 4 is 52.0 Å². The highest BCUT2D eigenvalue weighted by Gasteiger charge is 2.34. The Balaban J connectivity index is 1.40. The van der Waals surface area contributed by atoms with Crippen LogP contribution >= 0.6 is 22.9 Å². The molecule has 2 N–H and O–H groups in total. The first-order valence-electron chi connectivity index (χ1n) is 10.7. The number of hydrogen-bond donors (Lipinski definition) is 2. The van der Waals surface area contributed by atoms with Gasteiger partial charge in [-0.2, -0.15) is 17.6 Å². The third-order valence-corrected chi connectivity index (χ3v) is 6.57. The van der Waals surface area contributed by atoms with Crippen LogP contribution in [0.1, 0.15) is 50.0 Å². The maximum absolute atomic E-state index is 13.8. The van der Waals surface area contributed by atoms with E-state index in [9.17, 15) is 27.2 Å². The van der Waals surface area contributed by atoms with Crippen LogP contribution < -0.4 is 10.6 Å². The first-order chi connectivity index (χ1) is 18.0. The van der Waals surface area contributed by atoms with E-state index in [1.165, 1.54) is 30.6 Å². The van der Waals surface area contributed by atoms with Crippen LogP contribution in [0.2, 0.25) is 5.02 Å². The normalized spacial score (nSPS) is 12.2. The van der Waals surface area contributed by atoms with Crippen molar-refractivity contribution in [2.75, 3.05) is 10.6 Å². The van der Waals surface area contributed by atoms with Crippen molar-refractivity contribution < 1.29 is 27.2 Å². The Hall–Kier alpha value is -4.04. The molecule has 4 aromatic rings. The fraction of sp³-hybridized carbons (Fsp3) is 0.174. The first kappa shape index (κ1) is 27.0. The average Bonchev–Trinajstić information content (AvgIpc) is 3.37. The molecule has 0 bridgehead atoms. The highest BCUT2D eigenvalue weighted by atomic mass is 35.5. The molecule has 4 heterocycles. The summed E-state index contributed by atoms with van der Waals surface area (Å²) in [4.78, 5) is 44.8. The highest BCUT2D eigenvalue weighted by Crippen LogP contribution is 2.35. The van der Waals surface area contributed by atoms with Gasteiger partial charge in [-0.05, 0) is 18.2 Å². The van der Waals surface area contributed by atoms with E-state index in [2.05, 4.69) is 35.6 Å². The predicted octanol–water partition coefficient (Wildman–Crippen LogP) is 5.91. The summed E-state index contributed by atoms with van der Waals surface area (Å²) < 4.78 is 52.9. The van der Waals surface area contributed by atoms with E-state index in [1.54, 1.807) is 6.92 Å². The first-order valence-corrected chi connectivity index (χ1v) is 11.9. The van der Waals surface area contributed by atoms with Crippen LogP contribution in [-0.4, -0.2) is 36.6 Å². The molecule has 0 saturated carbocycles. The topological polar surface area (TPSA) is 123 Å². The van der Waals surface area contributed by atoms with Gasteiger partial charge in [0.15, 0.2) is 5.78 Å². The fourth-order valence-electron chi connectivity index (χ4n) is 3.19. The van der Waals surface area contributed by atoms with Gasteiger partial charge in [0, 0.05) is 30.8 Å². The summed E-state index contributed by atoms with van der Waals surface area (Å²) in [6.45, 7) is 1.72. The van der Waals surface area contributed by atoms with E-state index in [0.717, 1.165) is 23.9 Å². The molecule has 4 aromatic heterocycles. The SMILES string of the molecule is CC(CC(=O)c1cc(Nc2cccnc2F)ncn1)c1ncc(C(=O)Nc2cc(C(F)(F)F)c(Cl)cn2)s1. The molecule has 38 heavy (non-hydrogen) atoms. The quantitative estimate of drug-likeness (QED) is 0.154. The van der Waals surface area contributed by atoms with Crippen molar-refractivity contribution in [3.05, 3.63) is 81.3 Å². The Morgan fingerprint density at radius 1 is 1.08 bits per heavy atom. The molecule has 0 aromatic carbocycles. The van der Waals surface area contributed by atoms with Crippen molar-refractivity contribution in [2.45, 2.75) is 25.4 Å². The van der Waals surface area contributed by atoms with Crippen LogP contribution in [0.25, 0.3) is 0 Å². The van der Waals surface area contributed by atoms with Gasteiger partial charge in [0.05, 0.1) is 27.5 Å². The van der Waals surface area contributed by atoms with Gasteiger partial charge in [-0.25, -0.2) is 24.9 Å². The number of nitrogens with zero attached hydrogens (tertiary/aromatic N) is 5. The van der Waals surface area contributed by atoms with Crippen molar-refractivity contribution in [2.24, 2.45) is 0 Å². The zero-order valence-corrected chi connectivity index (χ0v) is 20.8. The van der Waals surface area contributed by atoms with Crippen LogP contribution in [0.15, 0.2) is 49.2 Å². The maximum atomic E-state index is 13.8. The second kappa shape index (κ2) is 11.1.